The van der Waals surface area contributed by atoms with Gasteiger partial charge in [-0.3, -0.25) is 9.69 Å². The lowest BCUT2D eigenvalue weighted by Gasteiger charge is -2.33. The minimum atomic E-state index is -0.332. The van der Waals surface area contributed by atoms with Crippen LogP contribution in [0, 0.1) is 17.2 Å². The third kappa shape index (κ3) is 4.85. The summed E-state index contributed by atoms with van der Waals surface area (Å²) in [6.45, 7) is 3.34. The number of nitrogens with one attached hydrogen (secondary N) is 1. The van der Waals surface area contributed by atoms with Crippen LogP contribution in [0.5, 0.6) is 11.5 Å². The number of amides is 1. The van der Waals surface area contributed by atoms with Gasteiger partial charge in [-0.25, -0.2) is 4.39 Å². The van der Waals surface area contributed by atoms with Crippen LogP contribution in [0.4, 0.5) is 4.39 Å². The highest BCUT2D eigenvalue weighted by Crippen LogP contribution is 2.59. The molecule has 1 aliphatic carbocycles. The van der Waals surface area contributed by atoms with Gasteiger partial charge in [-0.15, -0.1) is 0 Å². The SMILES string of the molecule is COc1cc(CN2CCC3(CC2)C[C@H]3C(=O)NCCc2ccccc2OC)ccc1F. The highest BCUT2D eigenvalue weighted by atomic mass is 19.1. The summed E-state index contributed by atoms with van der Waals surface area (Å²) in [5.41, 5.74) is 2.34. The Balaban J connectivity index is 1.22. The highest BCUT2D eigenvalue weighted by Gasteiger charge is 2.58. The number of likely N-dealkylation sites (tertiary alicyclic amines) is 1. The molecule has 0 radical (unpaired) electrons. The number of hydrogen-bond acceptors (Lipinski definition) is 4. The quantitative estimate of drug-likeness (QED) is 0.698. The van der Waals surface area contributed by atoms with Gasteiger partial charge in [0.05, 0.1) is 14.2 Å². The molecule has 0 unspecified atom stereocenters. The number of rotatable bonds is 8. The van der Waals surface area contributed by atoms with E-state index in [0.717, 1.165) is 62.2 Å². The van der Waals surface area contributed by atoms with E-state index < -0.39 is 0 Å². The molecule has 1 spiro atoms. The zero-order valence-corrected chi connectivity index (χ0v) is 18.3. The average molecular weight is 427 g/mol. The topological polar surface area (TPSA) is 50.8 Å². The first-order valence-electron chi connectivity index (χ1n) is 11.0. The first kappa shape index (κ1) is 21.6. The molecule has 1 atom stereocenters. The van der Waals surface area contributed by atoms with Crippen molar-refractivity contribution in [2.24, 2.45) is 11.3 Å². The van der Waals surface area contributed by atoms with Gasteiger partial charge in [0.15, 0.2) is 11.6 Å². The Bertz CT molecular complexity index is 925. The van der Waals surface area contributed by atoms with Crippen molar-refractivity contribution in [3.05, 3.63) is 59.4 Å². The van der Waals surface area contributed by atoms with E-state index in [0.29, 0.717) is 6.54 Å². The maximum absolute atomic E-state index is 13.6. The Hall–Kier alpha value is -2.60. The Morgan fingerprint density at radius 1 is 1.13 bits per heavy atom. The fraction of sp³-hybridized carbons (Fsp3) is 0.480. The Labute approximate surface area is 183 Å². The highest BCUT2D eigenvalue weighted by molar-refractivity contribution is 5.82. The lowest BCUT2D eigenvalue weighted by molar-refractivity contribution is -0.123. The Kier molecular flexibility index (Phi) is 6.46. The van der Waals surface area contributed by atoms with E-state index in [2.05, 4.69) is 10.2 Å². The van der Waals surface area contributed by atoms with E-state index in [4.69, 9.17) is 9.47 Å². The van der Waals surface area contributed by atoms with Crippen LogP contribution in [-0.4, -0.2) is 44.7 Å². The van der Waals surface area contributed by atoms with Gasteiger partial charge in [0, 0.05) is 19.0 Å². The zero-order valence-electron chi connectivity index (χ0n) is 18.3. The van der Waals surface area contributed by atoms with Crippen LogP contribution in [-0.2, 0) is 17.8 Å². The molecule has 2 fully saturated rings. The van der Waals surface area contributed by atoms with Crippen LogP contribution in [0.2, 0.25) is 0 Å². The molecule has 6 heteroatoms. The van der Waals surface area contributed by atoms with Gasteiger partial charge in [-0.2, -0.15) is 0 Å². The van der Waals surface area contributed by atoms with Crippen LogP contribution < -0.4 is 14.8 Å². The van der Waals surface area contributed by atoms with Gasteiger partial charge in [0.2, 0.25) is 5.91 Å². The number of para-hydroxylation sites is 1. The van der Waals surface area contributed by atoms with Gasteiger partial charge in [0.1, 0.15) is 5.75 Å². The van der Waals surface area contributed by atoms with E-state index in [9.17, 15) is 9.18 Å². The van der Waals surface area contributed by atoms with Gasteiger partial charge in [-0.05, 0) is 73.5 Å². The number of carbonyl (C=O) groups is 1. The summed E-state index contributed by atoms with van der Waals surface area (Å²) in [7, 11) is 3.16. The molecule has 1 amide bonds. The second kappa shape index (κ2) is 9.27. The summed E-state index contributed by atoms with van der Waals surface area (Å²) in [6, 6.07) is 13.0. The fourth-order valence-electron chi connectivity index (χ4n) is 4.84. The molecule has 166 valence electrons. The first-order valence-corrected chi connectivity index (χ1v) is 11.0. The molecule has 1 heterocycles. The van der Waals surface area contributed by atoms with E-state index in [1.54, 1.807) is 13.2 Å². The van der Waals surface area contributed by atoms with Gasteiger partial charge < -0.3 is 14.8 Å². The fourth-order valence-corrected chi connectivity index (χ4v) is 4.84. The van der Waals surface area contributed by atoms with Crippen molar-refractivity contribution in [2.45, 2.75) is 32.2 Å². The minimum absolute atomic E-state index is 0.137. The molecule has 2 aliphatic rings. The maximum atomic E-state index is 13.6. The van der Waals surface area contributed by atoms with Gasteiger partial charge in [0.25, 0.3) is 0 Å². The number of hydrogen-bond donors (Lipinski definition) is 1. The maximum Gasteiger partial charge on any atom is 0.223 e. The third-order valence-corrected chi connectivity index (χ3v) is 6.87. The molecule has 5 nitrogen and oxygen atoms in total. The largest absolute Gasteiger partial charge is 0.496 e. The number of benzene rings is 2. The van der Waals surface area contributed by atoms with Crippen molar-refractivity contribution >= 4 is 5.91 Å². The Morgan fingerprint density at radius 2 is 1.87 bits per heavy atom. The van der Waals surface area contributed by atoms with Crippen LogP contribution in [0.3, 0.4) is 0 Å². The number of halogens is 1. The summed E-state index contributed by atoms with van der Waals surface area (Å²) >= 11 is 0. The van der Waals surface area contributed by atoms with Crippen LogP contribution in [0.25, 0.3) is 0 Å². The molecule has 2 aromatic carbocycles. The smallest absolute Gasteiger partial charge is 0.223 e. The van der Waals surface area contributed by atoms with E-state index in [1.807, 2.05) is 30.3 Å². The minimum Gasteiger partial charge on any atom is -0.496 e. The molecular formula is C25H31FN2O3. The number of carbonyl (C=O) groups excluding carboxylic acids is 1. The molecule has 0 bridgehead atoms. The van der Waals surface area contributed by atoms with Crippen molar-refractivity contribution < 1.29 is 18.7 Å². The van der Waals surface area contributed by atoms with Crippen molar-refractivity contribution in [2.75, 3.05) is 33.9 Å². The van der Waals surface area contributed by atoms with Crippen molar-refractivity contribution in [1.29, 1.82) is 0 Å². The van der Waals surface area contributed by atoms with E-state index in [-0.39, 0.29) is 28.8 Å². The van der Waals surface area contributed by atoms with E-state index in [1.165, 1.54) is 13.2 Å². The average Bonchev–Trinajstić information content (AvgIpc) is 3.50. The van der Waals surface area contributed by atoms with Crippen molar-refractivity contribution in [1.82, 2.24) is 10.2 Å². The summed E-state index contributed by atoms with van der Waals surface area (Å²) in [5.74, 6) is 1.15. The van der Waals surface area contributed by atoms with Crippen LogP contribution >= 0.6 is 0 Å². The van der Waals surface area contributed by atoms with Crippen LogP contribution in [0.1, 0.15) is 30.4 Å². The Morgan fingerprint density at radius 3 is 2.61 bits per heavy atom. The number of ether oxygens (including phenoxy) is 2. The predicted molar refractivity (Wildman–Crippen MR) is 118 cm³/mol. The number of piperidine rings is 1. The zero-order chi connectivity index (χ0) is 21.8. The molecule has 1 aliphatic heterocycles. The molecule has 1 N–H and O–H groups in total. The molecular weight excluding hydrogens is 395 g/mol. The second-order valence-corrected chi connectivity index (χ2v) is 8.72. The van der Waals surface area contributed by atoms with E-state index >= 15 is 0 Å². The summed E-state index contributed by atoms with van der Waals surface area (Å²) in [4.78, 5) is 15.1. The molecule has 1 saturated heterocycles. The molecule has 31 heavy (non-hydrogen) atoms. The van der Waals surface area contributed by atoms with Gasteiger partial charge in [-0.1, -0.05) is 24.3 Å². The lowest BCUT2D eigenvalue weighted by atomic mass is 9.90. The normalized spacial score (nSPS) is 19.8. The molecule has 4 rings (SSSR count). The van der Waals surface area contributed by atoms with Crippen LogP contribution in [0.15, 0.2) is 42.5 Å². The number of nitrogens with zero attached hydrogens (tertiary/aromatic N) is 1. The van der Waals surface area contributed by atoms with Gasteiger partial charge >= 0.3 is 0 Å². The first-order chi connectivity index (χ1) is 15.0. The second-order valence-electron chi connectivity index (χ2n) is 8.72. The monoisotopic (exact) mass is 426 g/mol. The van der Waals surface area contributed by atoms with Crippen molar-refractivity contribution in [3.63, 3.8) is 0 Å². The summed E-state index contributed by atoms with van der Waals surface area (Å²) in [5, 5.41) is 3.13. The standard InChI is InChI=1S/C25H31FN2O3/c1-30-22-6-4-3-5-19(22)9-12-27-24(29)20-16-25(20)10-13-28(14-11-25)17-18-7-8-21(26)23(15-18)31-2/h3-8,15,20H,9-14,16-17H2,1-2H3,(H,27,29)/t20-/m0/s1. The number of methoxy groups -OCH3 is 2. The van der Waals surface area contributed by atoms with Crippen molar-refractivity contribution in [3.8, 4) is 11.5 Å². The molecule has 1 saturated carbocycles. The summed E-state index contributed by atoms with van der Waals surface area (Å²) < 4.78 is 24.1. The molecule has 2 aromatic rings. The summed E-state index contributed by atoms with van der Waals surface area (Å²) in [6.07, 6.45) is 3.84. The predicted octanol–water partition coefficient (Wildman–Crippen LogP) is 3.80. The molecule has 0 aromatic heterocycles. The lowest BCUT2D eigenvalue weighted by Crippen LogP contribution is -2.37. The third-order valence-electron chi connectivity index (χ3n) is 6.87.